The fourth-order valence-electron chi connectivity index (χ4n) is 1.59. The highest BCUT2D eigenvalue weighted by Gasteiger charge is 2.16. The van der Waals surface area contributed by atoms with Gasteiger partial charge in [0.05, 0.1) is 18.1 Å². The van der Waals surface area contributed by atoms with Crippen LogP contribution in [0.2, 0.25) is 0 Å². The third-order valence-corrected chi connectivity index (χ3v) is 3.96. The van der Waals surface area contributed by atoms with E-state index in [9.17, 15) is 8.42 Å². The summed E-state index contributed by atoms with van der Waals surface area (Å²) in [5, 5.41) is 0. The molecule has 0 bridgehead atoms. The average Bonchev–Trinajstić information content (AvgIpc) is 2.41. The summed E-state index contributed by atoms with van der Waals surface area (Å²) in [5.41, 5.74) is 5.34. The molecular weight excluding hydrogens is 280 g/mol. The molecule has 0 aliphatic rings. The molecule has 6 nitrogen and oxygen atoms in total. The lowest BCUT2D eigenvalue weighted by atomic mass is 10.3. The smallest absolute Gasteiger partial charge is 0.240 e. The molecular formula is C13H22N2O4S. The van der Waals surface area contributed by atoms with Gasteiger partial charge in [-0.05, 0) is 38.9 Å². The van der Waals surface area contributed by atoms with Crippen LogP contribution >= 0.6 is 0 Å². The SMILES string of the molecule is CCOc1ccc(S(=O)(=O)NCCCN)cc1OCC. The van der Waals surface area contributed by atoms with Crippen molar-refractivity contribution in [2.45, 2.75) is 25.2 Å². The minimum Gasteiger partial charge on any atom is -0.490 e. The summed E-state index contributed by atoms with van der Waals surface area (Å²) in [6, 6.07) is 4.57. The van der Waals surface area contributed by atoms with Crippen molar-refractivity contribution in [1.29, 1.82) is 0 Å². The molecule has 0 spiro atoms. The van der Waals surface area contributed by atoms with Crippen molar-refractivity contribution in [2.75, 3.05) is 26.3 Å². The van der Waals surface area contributed by atoms with Gasteiger partial charge < -0.3 is 15.2 Å². The number of hydrogen-bond acceptors (Lipinski definition) is 5. The molecule has 1 rings (SSSR count). The van der Waals surface area contributed by atoms with E-state index in [1.165, 1.54) is 12.1 Å². The Labute approximate surface area is 120 Å². The van der Waals surface area contributed by atoms with Crippen LogP contribution in [0.15, 0.2) is 23.1 Å². The molecule has 0 saturated heterocycles. The molecule has 1 aromatic carbocycles. The first-order chi connectivity index (χ1) is 9.55. The number of benzene rings is 1. The van der Waals surface area contributed by atoms with Crippen LogP contribution in [0.4, 0.5) is 0 Å². The quantitative estimate of drug-likeness (QED) is 0.667. The van der Waals surface area contributed by atoms with Crippen LogP contribution in [-0.2, 0) is 10.0 Å². The molecule has 3 N–H and O–H groups in total. The largest absolute Gasteiger partial charge is 0.490 e. The first kappa shape index (κ1) is 16.7. The van der Waals surface area contributed by atoms with E-state index in [0.717, 1.165) is 0 Å². The zero-order valence-corrected chi connectivity index (χ0v) is 12.7. The van der Waals surface area contributed by atoms with Crippen molar-refractivity contribution >= 4 is 10.0 Å². The van der Waals surface area contributed by atoms with E-state index in [1.807, 2.05) is 13.8 Å². The Morgan fingerprint density at radius 1 is 1.15 bits per heavy atom. The number of hydrogen-bond donors (Lipinski definition) is 2. The highest BCUT2D eigenvalue weighted by atomic mass is 32.2. The predicted molar refractivity (Wildman–Crippen MR) is 77.6 cm³/mol. The molecule has 0 heterocycles. The summed E-state index contributed by atoms with van der Waals surface area (Å²) in [5.74, 6) is 0.964. The Kier molecular flexibility index (Phi) is 6.77. The first-order valence-corrected chi connectivity index (χ1v) is 8.12. The Bertz CT molecular complexity index is 517. The summed E-state index contributed by atoms with van der Waals surface area (Å²) >= 11 is 0. The highest BCUT2D eigenvalue weighted by molar-refractivity contribution is 7.89. The number of nitrogens with two attached hydrogens (primary N) is 1. The van der Waals surface area contributed by atoms with E-state index in [4.69, 9.17) is 15.2 Å². The lowest BCUT2D eigenvalue weighted by molar-refractivity contribution is 0.287. The van der Waals surface area contributed by atoms with Crippen molar-refractivity contribution in [1.82, 2.24) is 4.72 Å². The van der Waals surface area contributed by atoms with Crippen molar-refractivity contribution in [2.24, 2.45) is 5.73 Å². The first-order valence-electron chi connectivity index (χ1n) is 6.64. The van der Waals surface area contributed by atoms with Gasteiger partial charge in [0, 0.05) is 12.6 Å². The second kappa shape index (κ2) is 8.08. The van der Waals surface area contributed by atoms with Crippen molar-refractivity contribution in [3.63, 3.8) is 0 Å². The summed E-state index contributed by atoms with van der Waals surface area (Å²) in [7, 11) is -3.55. The Hall–Kier alpha value is -1.31. The zero-order valence-electron chi connectivity index (χ0n) is 11.9. The van der Waals surface area contributed by atoms with Crippen LogP contribution in [0.5, 0.6) is 11.5 Å². The molecule has 0 aliphatic heterocycles. The van der Waals surface area contributed by atoms with Gasteiger partial charge >= 0.3 is 0 Å². The second-order valence-electron chi connectivity index (χ2n) is 4.01. The summed E-state index contributed by atoms with van der Waals surface area (Å²) in [6.07, 6.45) is 0.592. The van der Waals surface area contributed by atoms with Gasteiger partial charge in [0.1, 0.15) is 0 Å². The Balaban J connectivity index is 2.97. The third kappa shape index (κ3) is 4.66. The molecule has 0 aliphatic carbocycles. The fourth-order valence-corrected chi connectivity index (χ4v) is 2.68. The molecule has 1 aromatic rings. The van der Waals surface area contributed by atoms with Crippen LogP contribution in [0.3, 0.4) is 0 Å². The fraction of sp³-hybridized carbons (Fsp3) is 0.538. The van der Waals surface area contributed by atoms with E-state index in [-0.39, 0.29) is 4.90 Å². The van der Waals surface area contributed by atoms with Crippen molar-refractivity contribution < 1.29 is 17.9 Å². The lowest BCUT2D eigenvalue weighted by Gasteiger charge is -2.13. The molecule has 0 saturated carbocycles. The van der Waals surface area contributed by atoms with E-state index >= 15 is 0 Å². The molecule has 0 radical (unpaired) electrons. The minimum absolute atomic E-state index is 0.154. The standard InChI is InChI=1S/C13H22N2O4S/c1-3-18-12-7-6-11(10-13(12)19-4-2)20(16,17)15-9-5-8-14/h6-7,10,15H,3-5,8-9,14H2,1-2H3. The predicted octanol–water partition coefficient (Wildman–Crippen LogP) is 1.11. The van der Waals surface area contributed by atoms with E-state index < -0.39 is 10.0 Å². The maximum Gasteiger partial charge on any atom is 0.240 e. The molecule has 0 amide bonds. The van der Waals surface area contributed by atoms with Crippen LogP contribution in [0, 0.1) is 0 Å². The van der Waals surface area contributed by atoms with Gasteiger partial charge in [-0.1, -0.05) is 0 Å². The van der Waals surface area contributed by atoms with Gasteiger partial charge in [-0.25, -0.2) is 13.1 Å². The third-order valence-electron chi connectivity index (χ3n) is 2.50. The van der Waals surface area contributed by atoms with Crippen molar-refractivity contribution in [3.05, 3.63) is 18.2 Å². The van der Waals surface area contributed by atoms with Gasteiger partial charge in [0.15, 0.2) is 11.5 Å². The molecule has 0 unspecified atom stereocenters. The number of rotatable bonds is 9. The Morgan fingerprint density at radius 2 is 1.80 bits per heavy atom. The number of nitrogens with one attached hydrogen (secondary N) is 1. The minimum atomic E-state index is -3.55. The summed E-state index contributed by atoms with van der Waals surface area (Å²) < 4.78 is 37.5. The summed E-state index contributed by atoms with van der Waals surface area (Å²) in [4.78, 5) is 0.154. The maximum atomic E-state index is 12.1. The van der Waals surface area contributed by atoms with Gasteiger partial charge in [0.25, 0.3) is 0 Å². The second-order valence-corrected chi connectivity index (χ2v) is 5.78. The van der Waals surface area contributed by atoms with Gasteiger partial charge in [0.2, 0.25) is 10.0 Å². The lowest BCUT2D eigenvalue weighted by Crippen LogP contribution is -2.26. The number of ether oxygens (including phenoxy) is 2. The van der Waals surface area contributed by atoms with Gasteiger partial charge in [-0.2, -0.15) is 0 Å². The molecule has 0 fully saturated rings. The Morgan fingerprint density at radius 3 is 2.40 bits per heavy atom. The molecule has 7 heteroatoms. The molecule has 0 aromatic heterocycles. The van der Waals surface area contributed by atoms with Gasteiger partial charge in [-0.3, -0.25) is 0 Å². The summed E-state index contributed by atoms with van der Waals surface area (Å²) in [6.45, 7) is 5.36. The topological polar surface area (TPSA) is 90.7 Å². The van der Waals surface area contributed by atoms with Crippen LogP contribution in [0.25, 0.3) is 0 Å². The molecule has 20 heavy (non-hydrogen) atoms. The monoisotopic (exact) mass is 302 g/mol. The van der Waals surface area contributed by atoms with E-state index in [0.29, 0.717) is 44.2 Å². The zero-order chi connectivity index (χ0) is 15.0. The maximum absolute atomic E-state index is 12.1. The van der Waals surface area contributed by atoms with Crippen LogP contribution in [0.1, 0.15) is 20.3 Å². The normalized spacial score (nSPS) is 11.3. The highest BCUT2D eigenvalue weighted by Crippen LogP contribution is 2.30. The van der Waals surface area contributed by atoms with Crippen molar-refractivity contribution in [3.8, 4) is 11.5 Å². The molecule has 114 valence electrons. The number of sulfonamides is 1. The van der Waals surface area contributed by atoms with Crippen LogP contribution < -0.4 is 19.9 Å². The average molecular weight is 302 g/mol. The van der Waals surface area contributed by atoms with Gasteiger partial charge in [-0.15, -0.1) is 0 Å². The van der Waals surface area contributed by atoms with Crippen LogP contribution in [-0.4, -0.2) is 34.7 Å². The van der Waals surface area contributed by atoms with E-state index in [2.05, 4.69) is 4.72 Å². The molecule has 0 atom stereocenters. The van der Waals surface area contributed by atoms with E-state index in [1.54, 1.807) is 6.07 Å².